The molecular formula is C12H12N4O2S. The number of aromatic nitrogens is 1. The number of benzene rings is 1. The molecule has 1 aromatic heterocycles. The van der Waals surface area contributed by atoms with Crippen LogP contribution in [0.5, 0.6) is 0 Å². The maximum Gasteiger partial charge on any atom is 0.238 e. The number of hydrogen-bond donors (Lipinski definition) is 2. The minimum Gasteiger partial charge on any atom is -0.279 e. The van der Waals surface area contributed by atoms with Gasteiger partial charge in [0.1, 0.15) is 0 Å². The molecule has 0 aliphatic carbocycles. The number of pyridine rings is 1. The number of nitrogens with zero attached hydrogens (tertiary/aromatic N) is 2. The summed E-state index contributed by atoms with van der Waals surface area (Å²) in [5.41, 5.74) is 4.30. The highest BCUT2D eigenvalue weighted by Crippen LogP contribution is 2.12. The van der Waals surface area contributed by atoms with E-state index in [2.05, 4.69) is 15.5 Å². The highest BCUT2D eigenvalue weighted by atomic mass is 32.2. The standard InChI is InChI=1S/C12H12N4O2S/c13-19(17,18)12-5-3-11(4-6-12)16-15-9-10-2-1-7-14-8-10/h1-9,16H,(H2,13,17,18)/b15-9+. The number of rotatable bonds is 4. The lowest BCUT2D eigenvalue weighted by molar-refractivity contribution is 0.598. The Morgan fingerprint density at radius 1 is 1.21 bits per heavy atom. The van der Waals surface area contributed by atoms with Crippen molar-refractivity contribution in [2.75, 3.05) is 5.43 Å². The topological polar surface area (TPSA) is 97.4 Å². The molecule has 0 aliphatic rings. The predicted octanol–water partition coefficient (Wildman–Crippen LogP) is 1.18. The molecule has 3 N–H and O–H groups in total. The first kappa shape index (κ1) is 13.2. The van der Waals surface area contributed by atoms with Gasteiger partial charge in [-0.15, -0.1) is 0 Å². The van der Waals surface area contributed by atoms with Crippen LogP contribution >= 0.6 is 0 Å². The number of hydrazone groups is 1. The SMILES string of the molecule is NS(=O)(=O)c1ccc(N/N=C/c2cccnc2)cc1. The third-order valence-corrected chi connectivity index (χ3v) is 3.20. The lowest BCUT2D eigenvalue weighted by Crippen LogP contribution is -2.11. The fraction of sp³-hybridized carbons (Fsp3) is 0. The second-order valence-corrected chi connectivity index (χ2v) is 5.29. The van der Waals surface area contributed by atoms with E-state index in [1.54, 1.807) is 30.7 Å². The molecule has 0 spiro atoms. The van der Waals surface area contributed by atoms with Crippen LogP contribution in [0, 0.1) is 0 Å². The van der Waals surface area contributed by atoms with Gasteiger partial charge in [-0.1, -0.05) is 6.07 Å². The Morgan fingerprint density at radius 3 is 2.53 bits per heavy atom. The van der Waals surface area contributed by atoms with Crippen LogP contribution < -0.4 is 10.6 Å². The maximum absolute atomic E-state index is 11.1. The van der Waals surface area contributed by atoms with Gasteiger partial charge in [0.25, 0.3) is 0 Å². The summed E-state index contributed by atoms with van der Waals surface area (Å²) in [6.07, 6.45) is 4.96. The largest absolute Gasteiger partial charge is 0.279 e. The second-order valence-electron chi connectivity index (χ2n) is 3.73. The van der Waals surface area contributed by atoms with Crippen LogP contribution in [0.4, 0.5) is 5.69 Å². The Morgan fingerprint density at radius 2 is 1.95 bits per heavy atom. The van der Waals surface area contributed by atoms with Gasteiger partial charge in [-0.3, -0.25) is 10.4 Å². The first-order valence-electron chi connectivity index (χ1n) is 5.38. The van der Waals surface area contributed by atoms with Crippen molar-refractivity contribution in [1.29, 1.82) is 0 Å². The number of nitrogens with one attached hydrogen (secondary N) is 1. The summed E-state index contributed by atoms with van der Waals surface area (Å²) in [6.45, 7) is 0. The summed E-state index contributed by atoms with van der Waals surface area (Å²) < 4.78 is 22.1. The van der Waals surface area contributed by atoms with Gasteiger partial charge in [0.05, 0.1) is 16.8 Å². The smallest absolute Gasteiger partial charge is 0.238 e. The Labute approximate surface area is 111 Å². The van der Waals surface area contributed by atoms with Crippen molar-refractivity contribution in [1.82, 2.24) is 4.98 Å². The third kappa shape index (κ3) is 3.87. The molecule has 1 heterocycles. The van der Waals surface area contributed by atoms with Crippen molar-refractivity contribution in [3.05, 3.63) is 54.4 Å². The van der Waals surface area contributed by atoms with Gasteiger partial charge < -0.3 is 0 Å². The average molecular weight is 276 g/mol. The van der Waals surface area contributed by atoms with E-state index in [9.17, 15) is 8.42 Å². The molecule has 0 aliphatic heterocycles. The Hall–Kier alpha value is -2.25. The Kier molecular flexibility index (Phi) is 3.88. The molecule has 2 rings (SSSR count). The predicted molar refractivity (Wildman–Crippen MR) is 73.3 cm³/mol. The van der Waals surface area contributed by atoms with Crippen LogP contribution in [0.25, 0.3) is 0 Å². The van der Waals surface area contributed by atoms with Gasteiger partial charge in [0.15, 0.2) is 0 Å². The van der Waals surface area contributed by atoms with E-state index in [-0.39, 0.29) is 4.90 Å². The van der Waals surface area contributed by atoms with Crippen molar-refractivity contribution >= 4 is 21.9 Å². The summed E-state index contributed by atoms with van der Waals surface area (Å²) in [6, 6.07) is 9.67. The van der Waals surface area contributed by atoms with Crippen LogP contribution in [0.3, 0.4) is 0 Å². The van der Waals surface area contributed by atoms with Gasteiger partial charge in [0, 0.05) is 18.0 Å². The van der Waals surface area contributed by atoms with E-state index in [0.29, 0.717) is 5.69 Å². The van der Waals surface area contributed by atoms with Gasteiger partial charge in [-0.25, -0.2) is 13.6 Å². The molecule has 7 heteroatoms. The zero-order valence-electron chi connectivity index (χ0n) is 9.89. The molecule has 0 radical (unpaired) electrons. The molecule has 0 fully saturated rings. The monoisotopic (exact) mass is 276 g/mol. The quantitative estimate of drug-likeness (QED) is 0.647. The van der Waals surface area contributed by atoms with Crippen LogP contribution in [-0.2, 0) is 10.0 Å². The zero-order chi connectivity index (χ0) is 13.7. The summed E-state index contributed by atoms with van der Waals surface area (Å²) in [5.74, 6) is 0. The molecule has 6 nitrogen and oxygen atoms in total. The fourth-order valence-electron chi connectivity index (χ4n) is 1.35. The molecular weight excluding hydrogens is 264 g/mol. The Bertz CT molecular complexity index is 667. The lowest BCUT2D eigenvalue weighted by Gasteiger charge is -2.01. The van der Waals surface area contributed by atoms with Gasteiger partial charge >= 0.3 is 0 Å². The molecule has 0 saturated carbocycles. The normalized spacial score (nSPS) is 11.6. The molecule has 0 amide bonds. The summed E-state index contributed by atoms with van der Waals surface area (Å²) in [5, 5.41) is 9.01. The average Bonchev–Trinajstić information content (AvgIpc) is 2.39. The van der Waals surface area contributed by atoms with E-state index < -0.39 is 10.0 Å². The van der Waals surface area contributed by atoms with Crippen LogP contribution in [0.1, 0.15) is 5.56 Å². The molecule has 0 saturated heterocycles. The van der Waals surface area contributed by atoms with E-state index in [0.717, 1.165) is 5.56 Å². The highest BCUT2D eigenvalue weighted by molar-refractivity contribution is 7.89. The minimum absolute atomic E-state index is 0.0642. The molecule has 1 aromatic carbocycles. The van der Waals surface area contributed by atoms with E-state index >= 15 is 0 Å². The number of hydrogen-bond acceptors (Lipinski definition) is 5. The zero-order valence-corrected chi connectivity index (χ0v) is 10.7. The first-order valence-corrected chi connectivity index (χ1v) is 6.92. The van der Waals surface area contributed by atoms with Crippen molar-refractivity contribution in [3.63, 3.8) is 0 Å². The number of nitrogens with two attached hydrogens (primary N) is 1. The lowest BCUT2D eigenvalue weighted by atomic mass is 10.3. The van der Waals surface area contributed by atoms with Crippen molar-refractivity contribution in [2.45, 2.75) is 4.90 Å². The summed E-state index contributed by atoms with van der Waals surface area (Å²) in [7, 11) is -3.66. The first-order chi connectivity index (χ1) is 9.05. The van der Waals surface area contributed by atoms with E-state index in [1.807, 2.05) is 12.1 Å². The van der Waals surface area contributed by atoms with Crippen molar-refractivity contribution in [3.8, 4) is 0 Å². The fourth-order valence-corrected chi connectivity index (χ4v) is 1.87. The van der Waals surface area contributed by atoms with E-state index in [4.69, 9.17) is 5.14 Å². The van der Waals surface area contributed by atoms with Crippen LogP contribution in [0.15, 0.2) is 58.8 Å². The summed E-state index contributed by atoms with van der Waals surface area (Å²) >= 11 is 0. The Balaban J connectivity index is 2.03. The number of sulfonamides is 1. The van der Waals surface area contributed by atoms with Crippen molar-refractivity contribution in [2.24, 2.45) is 10.2 Å². The molecule has 2 aromatic rings. The number of primary sulfonamides is 1. The van der Waals surface area contributed by atoms with Gasteiger partial charge in [-0.05, 0) is 30.3 Å². The van der Waals surface area contributed by atoms with E-state index in [1.165, 1.54) is 12.1 Å². The van der Waals surface area contributed by atoms with Crippen LogP contribution in [0.2, 0.25) is 0 Å². The second kappa shape index (κ2) is 5.59. The number of anilines is 1. The third-order valence-electron chi connectivity index (χ3n) is 2.27. The van der Waals surface area contributed by atoms with Gasteiger partial charge in [0.2, 0.25) is 10.0 Å². The summed E-state index contributed by atoms with van der Waals surface area (Å²) in [4.78, 5) is 4.01. The maximum atomic E-state index is 11.1. The molecule has 0 bridgehead atoms. The molecule has 19 heavy (non-hydrogen) atoms. The highest BCUT2D eigenvalue weighted by Gasteiger charge is 2.05. The molecule has 98 valence electrons. The van der Waals surface area contributed by atoms with Gasteiger partial charge in [-0.2, -0.15) is 5.10 Å². The molecule has 0 atom stereocenters. The van der Waals surface area contributed by atoms with Crippen LogP contribution in [-0.4, -0.2) is 19.6 Å². The van der Waals surface area contributed by atoms with Crippen molar-refractivity contribution < 1.29 is 8.42 Å². The molecule has 0 unspecified atom stereocenters. The minimum atomic E-state index is -3.66.